The summed E-state index contributed by atoms with van der Waals surface area (Å²) in [4.78, 5) is 7.21. The molecule has 0 amide bonds. The minimum absolute atomic E-state index is 0.413. The molecule has 4 nitrogen and oxygen atoms in total. The smallest absolute Gasteiger partial charge is 0.167 e. The van der Waals surface area contributed by atoms with E-state index in [1.165, 1.54) is 32.4 Å². The predicted octanol–water partition coefficient (Wildman–Crippen LogP) is 2.94. The highest BCUT2D eigenvalue weighted by molar-refractivity contribution is 4.98. The molecule has 102 valence electrons. The second-order valence-corrected chi connectivity index (χ2v) is 5.74. The lowest BCUT2D eigenvalue weighted by Gasteiger charge is -2.23. The molecule has 1 atom stereocenters. The largest absolute Gasteiger partial charge is 0.293 e. The maximum absolute atomic E-state index is 4.69. The van der Waals surface area contributed by atoms with Gasteiger partial charge >= 0.3 is 0 Å². The van der Waals surface area contributed by atoms with Crippen LogP contribution in [-0.4, -0.2) is 33.2 Å². The van der Waals surface area contributed by atoms with E-state index in [-0.39, 0.29) is 0 Å². The van der Waals surface area contributed by atoms with Crippen molar-refractivity contribution in [1.82, 2.24) is 20.1 Å². The molecule has 0 spiro atoms. The van der Waals surface area contributed by atoms with Gasteiger partial charge in [0, 0.05) is 6.42 Å². The summed E-state index contributed by atoms with van der Waals surface area (Å²) in [5, 5.41) is 7.54. The average Bonchev–Trinajstić information content (AvgIpc) is 2.99. The molecular weight excluding hydrogens is 224 g/mol. The van der Waals surface area contributed by atoms with Crippen LogP contribution in [0.4, 0.5) is 0 Å². The Balaban J connectivity index is 1.98. The van der Waals surface area contributed by atoms with Gasteiger partial charge in [0.05, 0.1) is 6.04 Å². The van der Waals surface area contributed by atoms with Crippen LogP contribution in [0.2, 0.25) is 0 Å². The quantitative estimate of drug-likeness (QED) is 0.844. The molecule has 4 heteroatoms. The zero-order valence-electron chi connectivity index (χ0n) is 11.9. The summed E-state index contributed by atoms with van der Waals surface area (Å²) in [7, 11) is 0. The molecule has 0 aromatic carbocycles. The van der Waals surface area contributed by atoms with Crippen LogP contribution in [0.5, 0.6) is 0 Å². The van der Waals surface area contributed by atoms with Gasteiger partial charge in [0.1, 0.15) is 5.82 Å². The number of hydrogen-bond donors (Lipinski definition) is 1. The van der Waals surface area contributed by atoms with Crippen LogP contribution in [-0.2, 0) is 6.42 Å². The van der Waals surface area contributed by atoms with Crippen molar-refractivity contribution in [2.24, 2.45) is 5.92 Å². The third kappa shape index (κ3) is 3.31. The first-order valence-electron chi connectivity index (χ1n) is 7.36. The predicted molar refractivity (Wildman–Crippen MR) is 73.4 cm³/mol. The van der Waals surface area contributed by atoms with E-state index in [2.05, 4.69) is 40.9 Å². The van der Waals surface area contributed by atoms with E-state index in [1.54, 1.807) is 0 Å². The number of likely N-dealkylation sites (tertiary alicyclic amines) is 1. The summed E-state index contributed by atoms with van der Waals surface area (Å²) in [5.41, 5.74) is 0. The van der Waals surface area contributed by atoms with Crippen LogP contribution in [0.25, 0.3) is 0 Å². The van der Waals surface area contributed by atoms with Gasteiger partial charge in [0.15, 0.2) is 5.82 Å². The molecule has 18 heavy (non-hydrogen) atoms. The van der Waals surface area contributed by atoms with Gasteiger partial charge in [-0.1, -0.05) is 20.8 Å². The molecule has 0 aliphatic carbocycles. The Morgan fingerprint density at radius 3 is 2.61 bits per heavy atom. The summed E-state index contributed by atoms with van der Waals surface area (Å²) in [6, 6.07) is 0.413. The lowest BCUT2D eigenvalue weighted by atomic mass is 10.1. The van der Waals surface area contributed by atoms with Crippen molar-refractivity contribution in [3.05, 3.63) is 11.6 Å². The van der Waals surface area contributed by atoms with E-state index in [9.17, 15) is 0 Å². The third-order valence-corrected chi connectivity index (χ3v) is 3.77. The molecule has 2 rings (SSSR count). The first-order chi connectivity index (χ1) is 8.70. The fourth-order valence-electron chi connectivity index (χ4n) is 2.65. The number of rotatable bonds is 6. The van der Waals surface area contributed by atoms with Crippen LogP contribution >= 0.6 is 0 Å². The van der Waals surface area contributed by atoms with Gasteiger partial charge in [0.2, 0.25) is 0 Å². The number of aromatic amines is 1. The molecule has 0 saturated carbocycles. The molecular formula is C14H26N4. The molecule has 1 aromatic rings. The van der Waals surface area contributed by atoms with Gasteiger partial charge in [-0.25, -0.2) is 4.98 Å². The topological polar surface area (TPSA) is 44.8 Å². The van der Waals surface area contributed by atoms with Crippen LogP contribution in [0.1, 0.15) is 64.1 Å². The summed E-state index contributed by atoms with van der Waals surface area (Å²) < 4.78 is 0. The number of aryl methyl sites for hydroxylation is 1. The molecule has 1 fully saturated rings. The monoisotopic (exact) mass is 250 g/mol. The van der Waals surface area contributed by atoms with Crippen LogP contribution in [0.3, 0.4) is 0 Å². The summed E-state index contributed by atoms with van der Waals surface area (Å²) in [5.74, 6) is 2.77. The fourth-order valence-corrected chi connectivity index (χ4v) is 2.65. The van der Waals surface area contributed by atoms with Gasteiger partial charge in [-0.2, -0.15) is 5.10 Å². The van der Waals surface area contributed by atoms with Crippen molar-refractivity contribution in [3.63, 3.8) is 0 Å². The van der Waals surface area contributed by atoms with E-state index in [0.717, 1.165) is 30.4 Å². The normalized spacial score (nSPS) is 18.7. The molecule has 0 bridgehead atoms. The number of hydrogen-bond acceptors (Lipinski definition) is 3. The Hall–Kier alpha value is -0.900. The average molecular weight is 250 g/mol. The van der Waals surface area contributed by atoms with E-state index in [4.69, 9.17) is 0 Å². The summed E-state index contributed by atoms with van der Waals surface area (Å²) in [6.07, 6.45) is 5.93. The highest BCUT2D eigenvalue weighted by Crippen LogP contribution is 2.25. The van der Waals surface area contributed by atoms with Gasteiger partial charge in [0.25, 0.3) is 0 Å². The van der Waals surface area contributed by atoms with E-state index in [1.807, 2.05) is 0 Å². The molecule has 1 aliphatic heterocycles. The van der Waals surface area contributed by atoms with Crippen molar-refractivity contribution in [1.29, 1.82) is 0 Å². The number of nitrogens with zero attached hydrogens (tertiary/aromatic N) is 3. The molecule has 1 saturated heterocycles. The van der Waals surface area contributed by atoms with Crippen molar-refractivity contribution in [2.45, 2.75) is 58.9 Å². The number of aromatic nitrogens is 3. The number of H-pyrrole nitrogens is 1. The van der Waals surface area contributed by atoms with Gasteiger partial charge < -0.3 is 0 Å². The second kappa shape index (κ2) is 6.32. The van der Waals surface area contributed by atoms with Crippen molar-refractivity contribution in [3.8, 4) is 0 Å². The Morgan fingerprint density at radius 2 is 2.00 bits per heavy atom. The lowest BCUT2D eigenvalue weighted by molar-refractivity contribution is 0.230. The minimum Gasteiger partial charge on any atom is -0.293 e. The van der Waals surface area contributed by atoms with Crippen LogP contribution in [0.15, 0.2) is 0 Å². The van der Waals surface area contributed by atoms with Gasteiger partial charge in [-0.15, -0.1) is 0 Å². The fraction of sp³-hybridized carbons (Fsp3) is 0.857. The SMILES string of the molecule is CC[C@H](c1n[nH]c(CCC(C)C)n1)N1CCCC1. The summed E-state index contributed by atoms with van der Waals surface area (Å²) >= 11 is 0. The number of nitrogens with one attached hydrogen (secondary N) is 1. The molecule has 0 unspecified atom stereocenters. The van der Waals surface area contributed by atoms with E-state index >= 15 is 0 Å². The molecule has 1 aromatic heterocycles. The zero-order chi connectivity index (χ0) is 13.0. The highest BCUT2D eigenvalue weighted by atomic mass is 15.3. The molecule has 0 radical (unpaired) electrons. The standard InChI is InChI=1S/C14H26N4/c1-4-12(18-9-5-6-10-18)14-15-13(16-17-14)8-7-11(2)3/h11-12H,4-10H2,1-3H3,(H,15,16,17)/t12-/m1/s1. The Labute approximate surface area is 110 Å². The Bertz CT molecular complexity index is 352. The van der Waals surface area contributed by atoms with Crippen LogP contribution < -0.4 is 0 Å². The molecule has 1 aliphatic rings. The van der Waals surface area contributed by atoms with E-state index < -0.39 is 0 Å². The van der Waals surface area contributed by atoms with Crippen molar-refractivity contribution < 1.29 is 0 Å². The maximum atomic E-state index is 4.69. The maximum Gasteiger partial charge on any atom is 0.167 e. The van der Waals surface area contributed by atoms with Gasteiger partial charge in [-0.05, 0) is 44.7 Å². The Morgan fingerprint density at radius 1 is 1.28 bits per heavy atom. The minimum atomic E-state index is 0.413. The Kier molecular flexibility index (Phi) is 4.75. The first-order valence-corrected chi connectivity index (χ1v) is 7.36. The molecule has 2 heterocycles. The van der Waals surface area contributed by atoms with E-state index in [0.29, 0.717) is 6.04 Å². The zero-order valence-corrected chi connectivity index (χ0v) is 11.9. The highest BCUT2D eigenvalue weighted by Gasteiger charge is 2.25. The second-order valence-electron chi connectivity index (χ2n) is 5.74. The third-order valence-electron chi connectivity index (χ3n) is 3.77. The van der Waals surface area contributed by atoms with Crippen molar-refractivity contribution in [2.75, 3.05) is 13.1 Å². The lowest BCUT2D eigenvalue weighted by Crippen LogP contribution is -2.26. The van der Waals surface area contributed by atoms with Crippen molar-refractivity contribution >= 4 is 0 Å². The first kappa shape index (κ1) is 13.5. The van der Waals surface area contributed by atoms with Gasteiger partial charge in [-0.3, -0.25) is 10.00 Å². The summed E-state index contributed by atoms with van der Waals surface area (Å²) in [6.45, 7) is 9.13. The molecule has 1 N–H and O–H groups in total. The van der Waals surface area contributed by atoms with Crippen LogP contribution in [0, 0.1) is 5.92 Å².